The Balaban J connectivity index is 1.86. The van der Waals surface area contributed by atoms with E-state index in [1.165, 1.54) is 26.0 Å². The maximum Gasteiger partial charge on any atom is 0.325 e. The number of aliphatic hydroxyl groups excluding tert-OH is 1. The Morgan fingerprint density at radius 2 is 1.50 bits per heavy atom. The second-order valence-corrected chi connectivity index (χ2v) is 9.24. The number of hydrogen-bond donors (Lipinski definition) is 7. The van der Waals surface area contributed by atoms with Crippen molar-refractivity contribution in [3.63, 3.8) is 0 Å². The molecule has 11 heteroatoms. The molecule has 1 unspecified atom stereocenters. The molecule has 0 aliphatic heterocycles. The molecule has 11 nitrogen and oxygen atoms in total. The lowest BCUT2D eigenvalue weighted by Crippen LogP contribution is -2.56. The number of phenolic OH excluding ortho intramolecular Hbond substituents is 1. The molecule has 0 spiro atoms. The Morgan fingerprint density at radius 3 is 2.16 bits per heavy atom. The fourth-order valence-electron chi connectivity index (χ4n) is 3.98. The normalized spacial score (nSPS) is 14.2. The van der Waals surface area contributed by atoms with E-state index in [-0.39, 0.29) is 25.0 Å². The van der Waals surface area contributed by atoms with Gasteiger partial charge in [0.25, 0.3) is 0 Å². The highest BCUT2D eigenvalue weighted by atomic mass is 16.4. The van der Waals surface area contributed by atoms with Gasteiger partial charge in [0.2, 0.25) is 17.7 Å². The second-order valence-electron chi connectivity index (χ2n) is 9.24. The number of phenols is 1. The number of aliphatic carboxylic acids is 1. The third-order valence-corrected chi connectivity index (χ3v) is 5.97. The maximum atomic E-state index is 13.4. The van der Waals surface area contributed by atoms with E-state index >= 15 is 0 Å². The molecule has 0 radical (unpaired) electrons. The van der Waals surface area contributed by atoms with Crippen LogP contribution in [-0.2, 0) is 32.0 Å². The number of nitrogens with one attached hydrogen (secondary N) is 4. The molecule has 0 bridgehead atoms. The molecule has 3 amide bonds. The Bertz CT molecular complexity index is 1290. The van der Waals surface area contributed by atoms with E-state index in [1.807, 2.05) is 24.3 Å². The number of aromatic nitrogens is 1. The summed E-state index contributed by atoms with van der Waals surface area (Å²) in [6, 6.07) is 10.1. The average Bonchev–Trinajstić information content (AvgIpc) is 3.26. The molecule has 202 valence electrons. The standard InChI is InChI=1S/C27H32N4O7/c1-15(32)11-24(34)30-22(12-17-7-9-19(33)10-8-17)26(36)31-23(25(35)29-16(2)27(37)38)13-18-14-28-21-6-4-3-5-20(18)21/h3-10,14-16,22-23,28,32-33H,11-13H2,1-2H3,(H,29,35)(H,30,34)(H,31,36)(H,37,38)/t15?,16-,22-,23-/m0/s1. The molecule has 3 aromatic rings. The molecule has 0 saturated heterocycles. The van der Waals surface area contributed by atoms with Crippen molar-refractivity contribution < 1.29 is 34.5 Å². The summed E-state index contributed by atoms with van der Waals surface area (Å²) < 4.78 is 0. The van der Waals surface area contributed by atoms with Crippen LogP contribution < -0.4 is 16.0 Å². The van der Waals surface area contributed by atoms with Gasteiger partial charge in [-0.15, -0.1) is 0 Å². The number of para-hydroxylation sites is 1. The molecule has 1 aromatic heterocycles. The first-order chi connectivity index (χ1) is 18.0. The number of carboxylic acids is 1. The van der Waals surface area contributed by atoms with Crippen LogP contribution in [0.15, 0.2) is 54.7 Å². The van der Waals surface area contributed by atoms with Gasteiger partial charge in [0.15, 0.2) is 0 Å². The van der Waals surface area contributed by atoms with Crippen molar-refractivity contribution in [3.05, 3.63) is 65.9 Å². The lowest BCUT2D eigenvalue weighted by atomic mass is 10.0. The van der Waals surface area contributed by atoms with Gasteiger partial charge in [-0.2, -0.15) is 0 Å². The summed E-state index contributed by atoms with van der Waals surface area (Å²) in [6.45, 7) is 2.76. The largest absolute Gasteiger partial charge is 0.508 e. The molecule has 0 fully saturated rings. The maximum absolute atomic E-state index is 13.4. The smallest absolute Gasteiger partial charge is 0.325 e. The quantitative estimate of drug-likeness (QED) is 0.184. The van der Waals surface area contributed by atoms with E-state index in [1.54, 1.807) is 18.3 Å². The van der Waals surface area contributed by atoms with Crippen molar-refractivity contribution in [3.8, 4) is 5.75 Å². The van der Waals surface area contributed by atoms with E-state index in [4.69, 9.17) is 0 Å². The number of fused-ring (bicyclic) bond motifs is 1. The lowest BCUT2D eigenvalue weighted by Gasteiger charge is -2.24. The Labute approximate surface area is 219 Å². The van der Waals surface area contributed by atoms with Crippen LogP contribution in [0.3, 0.4) is 0 Å². The SMILES string of the molecule is CC(O)CC(=O)N[C@@H](Cc1ccc(O)cc1)C(=O)N[C@@H](Cc1c[nH]c2ccccc12)C(=O)N[C@@H](C)C(=O)O. The van der Waals surface area contributed by atoms with E-state index in [0.717, 1.165) is 16.5 Å². The molecule has 4 atom stereocenters. The van der Waals surface area contributed by atoms with E-state index in [0.29, 0.717) is 5.56 Å². The number of H-pyrrole nitrogens is 1. The number of benzene rings is 2. The minimum Gasteiger partial charge on any atom is -0.508 e. The monoisotopic (exact) mass is 524 g/mol. The fourth-order valence-corrected chi connectivity index (χ4v) is 3.98. The number of aliphatic hydroxyl groups is 1. The fraction of sp³-hybridized carbons (Fsp3) is 0.333. The van der Waals surface area contributed by atoms with Crippen LogP contribution in [0.25, 0.3) is 10.9 Å². The number of rotatable bonds is 12. The van der Waals surface area contributed by atoms with E-state index in [2.05, 4.69) is 20.9 Å². The number of aromatic hydroxyl groups is 1. The van der Waals surface area contributed by atoms with Crippen LogP contribution in [-0.4, -0.2) is 68.2 Å². The van der Waals surface area contributed by atoms with Crippen LogP contribution in [0.5, 0.6) is 5.75 Å². The van der Waals surface area contributed by atoms with Crippen molar-refractivity contribution in [1.29, 1.82) is 0 Å². The predicted octanol–water partition coefficient (Wildman–Crippen LogP) is 0.988. The zero-order valence-corrected chi connectivity index (χ0v) is 21.1. The molecular formula is C27H32N4O7. The molecule has 38 heavy (non-hydrogen) atoms. The molecule has 7 N–H and O–H groups in total. The summed E-state index contributed by atoms with van der Waals surface area (Å²) in [4.78, 5) is 53.4. The topological polar surface area (TPSA) is 181 Å². The number of aromatic amines is 1. The number of carbonyl (C=O) groups excluding carboxylic acids is 3. The summed E-state index contributed by atoms with van der Waals surface area (Å²) in [5.74, 6) is -3.12. The van der Waals surface area contributed by atoms with Gasteiger partial charge in [0.05, 0.1) is 12.5 Å². The Hall–Kier alpha value is -4.38. The van der Waals surface area contributed by atoms with Crippen LogP contribution >= 0.6 is 0 Å². The van der Waals surface area contributed by atoms with E-state index < -0.39 is 47.9 Å². The molecule has 2 aromatic carbocycles. The predicted molar refractivity (Wildman–Crippen MR) is 139 cm³/mol. The zero-order chi connectivity index (χ0) is 27.8. The average molecular weight is 525 g/mol. The molecule has 0 saturated carbocycles. The van der Waals surface area contributed by atoms with Gasteiger partial charge in [-0.25, -0.2) is 0 Å². The molecule has 0 aliphatic rings. The molecule has 1 heterocycles. The minimum absolute atomic E-state index is 0.0379. The van der Waals surface area contributed by atoms with Gasteiger partial charge in [-0.1, -0.05) is 30.3 Å². The van der Waals surface area contributed by atoms with Crippen molar-refractivity contribution in [2.75, 3.05) is 0 Å². The molecule has 0 aliphatic carbocycles. The lowest BCUT2D eigenvalue weighted by molar-refractivity contribution is -0.141. The number of hydrogen-bond acceptors (Lipinski definition) is 6. The van der Waals surface area contributed by atoms with Crippen molar-refractivity contribution in [2.24, 2.45) is 0 Å². The van der Waals surface area contributed by atoms with Gasteiger partial charge in [0.1, 0.15) is 23.9 Å². The summed E-state index contributed by atoms with van der Waals surface area (Å²) in [5, 5.41) is 36.9. The van der Waals surface area contributed by atoms with Crippen molar-refractivity contribution >= 4 is 34.6 Å². The van der Waals surface area contributed by atoms with Gasteiger partial charge >= 0.3 is 5.97 Å². The van der Waals surface area contributed by atoms with Gasteiger partial charge in [-0.05, 0) is 43.2 Å². The van der Waals surface area contributed by atoms with Crippen LogP contribution in [0.4, 0.5) is 0 Å². The third-order valence-electron chi connectivity index (χ3n) is 5.97. The third kappa shape index (κ3) is 7.81. The number of carbonyl (C=O) groups is 4. The highest BCUT2D eigenvalue weighted by Crippen LogP contribution is 2.19. The summed E-state index contributed by atoms with van der Waals surface area (Å²) in [6.07, 6.45) is 0.668. The van der Waals surface area contributed by atoms with Crippen LogP contribution in [0, 0.1) is 0 Å². The molecular weight excluding hydrogens is 492 g/mol. The Kier molecular flexibility index (Phi) is 9.44. The first-order valence-corrected chi connectivity index (χ1v) is 12.2. The highest BCUT2D eigenvalue weighted by Gasteiger charge is 2.29. The van der Waals surface area contributed by atoms with Gasteiger partial charge in [-0.3, -0.25) is 19.2 Å². The van der Waals surface area contributed by atoms with Crippen molar-refractivity contribution in [2.45, 2.75) is 57.3 Å². The summed E-state index contributed by atoms with van der Waals surface area (Å²) in [7, 11) is 0. The Morgan fingerprint density at radius 1 is 0.868 bits per heavy atom. The van der Waals surface area contributed by atoms with Crippen LogP contribution in [0.1, 0.15) is 31.4 Å². The number of amides is 3. The summed E-state index contributed by atoms with van der Waals surface area (Å²) >= 11 is 0. The molecule has 3 rings (SSSR count). The first kappa shape index (κ1) is 28.2. The zero-order valence-electron chi connectivity index (χ0n) is 21.1. The number of carboxylic acid groups (broad SMARTS) is 1. The van der Waals surface area contributed by atoms with Crippen molar-refractivity contribution in [1.82, 2.24) is 20.9 Å². The first-order valence-electron chi connectivity index (χ1n) is 12.2. The minimum atomic E-state index is -1.23. The highest BCUT2D eigenvalue weighted by molar-refractivity contribution is 5.94. The van der Waals surface area contributed by atoms with Crippen LogP contribution in [0.2, 0.25) is 0 Å². The van der Waals surface area contributed by atoms with E-state index in [9.17, 15) is 34.5 Å². The van der Waals surface area contributed by atoms with Gasteiger partial charge in [0, 0.05) is 29.9 Å². The second kappa shape index (κ2) is 12.7. The summed E-state index contributed by atoms with van der Waals surface area (Å²) in [5.41, 5.74) is 2.21. The van der Waals surface area contributed by atoms with Gasteiger partial charge < -0.3 is 36.3 Å².